The minimum Gasteiger partial charge on any atom is -0.344 e. The van der Waals surface area contributed by atoms with Crippen molar-refractivity contribution in [1.29, 1.82) is 0 Å². The molecule has 0 unspecified atom stereocenters. The fourth-order valence-electron chi connectivity index (χ4n) is 3.45. The van der Waals surface area contributed by atoms with Crippen molar-refractivity contribution in [3.8, 4) is 22.4 Å². The van der Waals surface area contributed by atoms with Gasteiger partial charge in [-0.2, -0.15) is 0 Å². The van der Waals surface area contributed by atoms with Crippen LogP contribution < -0.4 is 5.14 Å². The molecule has 0 amide bonds. The number of hydrogen-bond donors (Lipinski definition) is 1. The standard InChI is InChI=1S/C19H17FN2O2S/c20-15-7-3-14(4-8-15)19-18(12-16-2-1-11-22(16)19)13-5-9-17(10-6-13)25(21,23)24/h3-10,12H,1-2,11H2,(H2,21,23,24). The summed E-state index contributed by atoms with van der Waals surface area (Å²) in [4.78, 5) is 0.0892. The molecule has 128 valence electrons. The van der Waals surface area contributed by atoms with Crippen LogP contribution in [0.3, 0.4) is 0 Å². The van der Waals surface area contributed by atoms with Crippen LogP contribution >= 0.6 is 0 Å². The first-order chi connectivity index (χ1) is 11.9. The van der Waals surface area contributed by atoms with Gasteiger partial charge in [0.25, 0.3) is 0 Å². The van der Waals surface area contributed by atoms with Gasteiger partial charge in [0, 0.05) is 17.8 Å². The number of aromatic nitrogens is 1. The summed E-state index contributed by atoms with van der Waals surface area (Å²) in [5.41, 5.74) is 5.15. The number of sulfonamides is 1. The molecule has 1 aliphatic rings. The number of rotatable bonds is 3. The van der Waals surface area contributed by atoms with Crippen molar-refractivity contribution in [3.05, 3.63) is 66.1 Å². The van der Waals surface area contributed by atoms with Gasteiger partial charge in [-0.25, -0.2) is 17.9 Å². The molecule has 0 atom stereocenters. The van der Waals surface area contributed by atoms with Gasteiger partial charge in [0.1, 0.15) is 5.82 Å². The normalized spacial score (nSPS) is 13.8. The van der Waals surface area contributed by atoms with Gasteiger partial charge in [0.2, 0.25) is 10.0 Å². The molecular weight excluding hydrogens is 339 g/mol. The smallest absolute Gasteiger partial charge is 0.238 e. The fraction of sp³-hybridized carbons (Fsp3) is 0.158. The number of benzene rings is 2. The number of halogens is 1. The molecule has 2 aromatic carbocycles. The van der Waals surface area contributed by atoms with Crippen molar-refractivity contribution in [1.82, 2.24) is 4.57 Å². The monoisotopic (exact) mass is 356 g/mol. The minimum atomic E-state index is -3.71. The van der Waals surface area contributed by atoms with Crippen LogP contribution in [0.2, 0.25) is 0 Å². The first kappa shape index (κ1) is 16.1. The second kappa shape index (κ2) is 5.82. The molecule has 25 heavy (non-hydrogen) atoms. The summed E-state index contributed by atoms with van der Waals surface area (Å²) in [5.74, 6) is -0.268. The van der Waals surface area contributed by atoms with Gasteiger partial charge in [-0.05, 0) is 66.4 Å². The third-order valence-corrected chi connectivity index (χ3v) is 5.54. The minimum absolute atomic E-state index is 0.0892. The summed E-state index contributed by atoms with van der Waals surface area (Å²) in [5, 5.41) is 5.17. The molecule has 0 aliphatic carbocycles. The summed E-state index contributed by atoms with van der Waals surface area (Å²) in [6, 6.07) is 15.2. The van der Waals surface area contributed by atoms with E-state index in [0.717, 1.165) is 41.8 Å². The van der Waals surface area contributed by atoms with E-state index in [1.54, 1.807) is 24.3 Å². The molecular formula is C19H17FN2O2S. The van der Waals surface area contributed by atoms with Crippen LogP contribution in [-0.2, 0) is 23.0 Å². The van der Waals surface area contributed by atoms with E-state index in [9.17, 15) is 12.8 Å². The van der Waals surface area contributed by atoms with Crippen molar-refractivity contribution in [2.75, 3.05) is 0 Å². The quantitative estimate of drug-likeness (QED) is 0.780. The van der Waals surface area contributed by atoms with Gasteiger partial charge < -0.3 is 4.57 Å². The van der Waals surface area contributed by atoms with E-state index in [1.165, 1.54) is 30.0 Å². The molecule has 0 fully saturated rings. The Hall–Kier alpha value is -2.44. The lowest BCUT2D eigenvalue weighted by atomic mass is 10.0. The molecule has 0 saturated carbocycles. The molecule has 3 aromatic rings. The van der Waals surface area contributed by atoms with Gasteiger partial charge in [0.05, 0.1) is 10.6 Å². The molecule has 0 spiro atoms. The first-order valence-corrected chi connectivity index (χ1v) is 9.60. The number of hydrogen-bond acceptors (Lipinski definition) is 2. The van der Waals surface area contributed by atoms with E-state index in [2.05, 4.69) is 10.6 Å². The molecule has 2 heterocycles. The van der Waals surface area contributed by atoms with Crippen molar-refractivity contribution >= 4 is 10.0 Å². The van der Waals surface area contributed by atoms with Crippen molar-refractivity contribution in [2.24, 2.45) is 5.14 Å². The molecule has 0 saturated heterocycles. The Bertz CT molecular complexity index is 1040. The second-order valence-corrected chi connectivity index (χ2v) is 7.79. The van der Waals surface area contributed by atoms with Crippen LogP contribution in [0, 0.1) is 5.82 Å². The van der Waals surface area contributed by atoms with E-state index < -0.39 is 10.0 Å². The van der Waals surface area contributed by atoms with E-state index in [-0.39, 0.29) is 10.7 Å². The predicted octanol–water partition coefficient (Wildman–Crippen LogP) is 3.55. The van der Waals surface area contributed by atoms with Gasteiger partial charge in [0.15, 0.2) is 0 Å². The summed E-state index contributed by atoms with van der Waals surface area (Å²) in [6.07, 6.45) is 2.09. The number of aryl methyl sites for hydroxylation is 1. The predicted molar refractivity (Wildman–Crippen MR) is 95.0 cm³/mol. The lowest BCUT2D eigenvalue weighted by Crippen LogP contribution is -2.11. The lowest BCUT2D eigenvalue weighted by Gasteiger charge is -2.11. The summed E-state index contributed by atoms with van der Waals surface area (Å²) in [6.45, 7) is 0.928. The summed E-state index contributed by atoms with van der Waals surface area (Å²) in [7, 11) is -3.71. The van der Waals surface area contributed by atoms with Crippen LogP contribution in [0.25, 0.3) is 22.4 Å². The van der Waals surface area contributed by atoms with E-state index in [1.807, 2.05) is 0 Å². The van der Waals surface area contributed by atoms with Gasteiger partial charge >= 0.3 is 0 Å². The van der Waals surface area contributed by atoms with Gasteiger partial charge in [-0.3, -0.25) is 0 Å². The van der Waals surface area contributed by atoms with Crippen LogP contribution in [0.1, 0.15) is 12.1 Å². The number of fused-ring (bicyclic) bond motifs is 1. The molecule has 1 aliphatic heterocycles. The van der Waals surface area contributed by atoms with Crippen molar-refractivity contribution in [3.63, 3.8) is 0 Å². The number of nitrogens with two attached hydrogens (primary N) is 1. The zero-order valence-corrected chi connectivity index (χ0v) is 14.3. The van der Waals surface area contributed by atoms with E-state index in [0.29, 0.717) is 0 Å². The average Bonchev–Trinajstić information content (AvgIpc) is 3.16. The van der Waals surface area contributed by atoms with Gasteiger partial charge in [-0.1, -0.05) is 12.1 Å². The van der Waals surface area contributed by atoms with E-state index >= 15 is 0 Å². The molecule has 2 N–H and O–H groups in total. The van der Waals surface area contributed by atoms with Crippen LogP contribution in [-0.4, -0.2) is 13.0 Å². The molecule has 4 rings (SSSR count). The highest BCUT2D eigenvalue weighted by molar-refractivity contribution is 7.89. The highest BCUT2D eigenvalue weighted by atomic mass is 32.2. The fourth-order valence-corrected chi connectivity index (χ4v) is 3.96. The van der Waals surface area contributed by atoms with Crippen LogP contribution in [0.5, 0.6) is 0 Å². The number of nitrogens with zero attached hydrogens (tertiary/aromatic N) is 1. The van der Waals surface area contributed by atoms with Crippen LogP contribution in [0.15, 0.2) is 59.5 Å². The third-order valence-electron chi connectivity index (χ3n) is 4.61. The highest BCUT2D eigenvalue weighted by Crippen LogP contribution is 2.38. The zero-order valence-electron chi connectivity index (χ0n) is 13.4. The number of primary sulfonamides is 1. The topological polar surface area (TPSA) is 65.1 Å². The molecule has 4 nitrogen and oxygen atoms in total. The zero-order chi connectivity index (χ0) is 17.6. The first-order valence-electron chi connectivity index (χ1n) is 8.05. The Labute approximate surface area is 145 Å². The molecule has 6 heteroatoms. The van der Waals surface area contributed by atoms with Gasteiger partial charge in [-0.15, -0.1) is 0 Å². The maximum Gasteiger partial charge on any atom is 0.238 e. The van der Waals surface area contributed by atoms with Crippen LogP contribution in [0.4, 0.5) is 4.39 Å². The summed E-state index contributed by atoms with van der Waals surface area (Å²) >= 11 is 0. The summed E-state index contributed by atoms with van der Waals surface area (Å²) < 4.78 is 38.5. The van der Waals surface area contributed by atoms with Crippen molar-refractivity contribution < 1.29 is 12.8 Å². The Morgan fingerprint density at radius 1 is 0.960 bits per heavy atom. The second-order valence-electron chi connectivity index (χ2n) is 6.23. The molecule has 0 bridgehead atoms. The lowest BCUT2D eigenvalue weighted by molar-refractivity contribution is 0.598. The Kier molecular flexibility index (Phi) is 3.74. The Morgan fingerprint density at radius 2 is 1.60 bits per heavy atom. The maximum absolute atomic E-state index is 13.3. The van der Waals surface area contributed by atoms with Crippen molar-refractivity contribution in [2.45, 2.75) is 24.3 Å². The van der Waals surface area contributed by atoms with E-state index in [4.69, 9.17) is 5.14 Å². The molecule has 1 aromatic heterocycles. The average molecular weight is 356 g/mol. The highest BCUT2D eigenvalue weighted by Gasteiger charge is 2.21. The Morgan fingerprint density at radius 3 is 2.24 bits per heavy atom. The Balaban J connectivity index is 1.87. The maximum atomic E-state index is 13.3. The SMILES string of the molecule is NS(=O)(=O)c1ccc(-c2cc3n(c2-c2ccc(F)cc2)CCC3)cc1. The third kappa shape index (κ3) is 2.88. The molecule has 0 radical (unpaired) electrons. The largest absolute Gasteiger partial charge is 0.344 e.